The zero-order chi connectivity index (χ0) is 10.7. The highest BCUT2D eigenvalue weighted by Gasteiger charge is 2.25. The maximum atomic E-state index is 11.6. The van der Waals surface area contributed by atoms with Crippen molar-refractivity contribution < 1.29 is 14.6 Å². The molecule has 0 aliphatic carbocycles. The molecule has 80 valence electrons. The molecule has 2 rings (SSSR count). The van der Waals surface area contributed by atoms with Gasteiger partial charge in [0.1, 0.15) is 5.75 Å². The van der Waals surface area contributed by atoms with Crippen LogP contribution < -0.4 is 4.74 Å². The van der Waals surface area contributed by atoms with Crippen LogP contribution in [0, 0.1) is 0 Å². The van der Waals surface area contributed by atoms with Crippen LogP contribution in [0.15, 0.2) is 30.3 Å². The molecule has 1 aromatic carbocycles. The average Bonchev–Trinajstić information content (AvgIpc) is 2.66. The number of hydrogen-bond acceptors (Lipinski definition) is 3. The van der Waals surface area contributed by atoms with Gasteiger partial charge < -0.3 is 14.7 Å². The number of para-hydroxylation sites is 1. The van der Waals surface area contributed by atoms with Crippen molar-refractivity contribution >= 4 is 6.09 Å². The van der Waals surface area contributed by atoms with E-state index in [9.17, 15) is 9.90 Å². The second-order valence-electron chi connectivity index (χ2n) is 3.57. The van der Waals surface area contributed by atoms with Crippen LogP contribution in [0.3, 0.4) is 0 Å². The highest BCUT2D eigenvalue weighted by molar-refractivity contribution is 5.71. The summed E-state index contributed by atoms with van der Waals surface area (Å²) >= 11 is 0. The Hall–Kier alpha value is -1.55. The Morgan fingerprint density at radius 1 is 1.40 bits per heavy atom. The molecule has 1 fully saturated rings. The summed E-state index contributed by atoms with van der Waals surface area (Å²) in [6, 6.07) is 8.93. The lowest BCUT2D eigenvalue weighted by Crippen LogP contribution is -2.32. The molecule has 0 spiro atoms. The predicted octanol–water partition coefficient (Wildman–Crippen LogP) is 1.25. The van der Waals surface area contributed by atoms with Gasteiger partial charge in [0.15, 0.2) is 0 Å². The van der Waals surface area contributed by atoms with Crippen LogP contribution >= 0.6 is 0 Å². The lowest BCUT2D eigenvalue weighted by Gasteiger charge is -2.14. The fourth-order valence-electron chi connectivity index (χ4n) is 1.56. The molecule has 1 heterocycles. The van der Waals surface area contributed by atoms with Crippen molar-refractivity contribution in [3.63, 3.8) is 0 Å². The van der Waals surface area contributed by atoms with Gasteiger partial charge in [-0.25, -0.2) is 4.79 Å². The van der Waals surface area contributed by atoms with Crippen molar-refractivity contribution in [3.8, 4) is 5.75 Å². The minimum absolute atomic E-state index is 0.367. The van der Waals surface area contributed by atoms with E-state index >= 15 is 0 Å². The largest absolute Gasteiger partial charge is 0.415 e. The second kappa shape index (κ2) is 4.31. The van der Waals surface area contributed by atoms with E-state index in [4.69, 9.17) is 4.74 Å². The maximum Gasteiger partial charge on any atom is 0.415 e. The van der Waals surface area contributed by atoms with Gasteiger partial charge in [0.25, 0.3) is 0 Å². The number of hydrogen-bond donors (Lipinski definition) is 1. The minimum atomic E-state index is -0.409. The molecule has 1 atom stereocenters. The maximum absolute atomic E-state index is 11.6. The van der Waals surface area contributed by atoms with E-state index in [-0.39, 0.29) is 0 Å². The number of carbonyl (C=O) groups excluding carboxylic acids is 1. The number of β-amino-alcohol motifs (C(OH)–C–C–N with tert-alkyl or cyclic N) is 1. The molecule has 0 radical (unpaired) electrons. The van der Waals surface area contributed by atoms with E-state index in [1.54, 1.807) is 24.3 Å². The molecule has 0 aromatic heterocycles. The molecule has 0 saturated carbocycles. The molecule has 1 N–H and O–H groups in total. The van der Waals surface area contributed by atoms with E-state index in [2.05, 4.69) is 0 Å². The molecule has 4 nitrogen and oxygen atoms in total. The Bertz CT molecular complexity index is 339. The smallest absolute Gasteiger partial charge is 0.410 e. The zero-order valence-electron chi connectivity index (χ0n) is 8.30. The van der Waals surface area contributed by atoms with Gasteiger partial charge in [-0.15, -0.1) is 0 Å². The summed E-state index contributed by atoms with van der Waals surface area (Å²) in [4.78, 5) is 13.1. The van der Waals surface area contributed by atoms with E-state index in [0.717, 1.165) is 0 Å². The first-order valence-corrected chi connectivity index (χ1v) is 4.95. The van der Waals surface area contributed by atoms with Gasteiger partial charge >= 0.3 is 6.09 Å². The first kappa shape index (κ1) is 9.98. The van der Waals surface area contributed by atoms with Crippen LogP contribution in [0.25, 0.3) is 0 Å². The van der Waals surface area contributed by atoms with Crippen molar-refractivity contribution in [1.29, 1.82) is 0 Å². The predicted molar refractivity (Wildman–Crippen MR) is 54.7 cm³/mol. The summed E-state index contributed by atoms with van der Waals surface area (Å²) in [6.45, 7) is 0.929. The molecule has 1 amide bonds. The molecule has 1 aromatic rings. The molecule has 1 unspecified atom stereocenters. The minimum Gasteiger partial charge on any atom is -0.410 e. The van der Waals surface area contributed by atoms with Crippen LogP contribution in [0.5, 0.6) is 5.75 Å². The van der Waals surface area contributed by atoms with Crippen molar-refractivity contribution in [2.75, 3.05) is 13.1 Å². The number of likely N-dealkylation sites (tertiary alicyclic amines) is 1. The van der Waals surface area contributed by atoms with Crippen molar-refractivity contribution in [1.82, 2.24) is 4.90 Å². The zero-order valence-corrected chi connectivity index (χ0v) is 8.30. The molecule has 1 aliphatic rings. The third-order valence-corrected chi connectivity index (χ3v) is 2.37. The summed E-state index contributed by atoms with van der Waals surface area (Å²) < 4.78 is 5.12. The van der Waals surface area contributed by atoms with Gasteiger partial charge in [-0.2, -0.15) is 0 Å². The number of benzene rings is 1. The number of amides is 1. The van der Waals surface area contributed by atoms with E-state index in [0.29, 0.717) is 25.3 Å². The van der Waals surface area contributed by atoms with Crippen LogP contribution in [-0.4, -0.2) is 35.3 Å². The Morgan fingerprint density at radius 3 is 2.73 bits per heavy atom. The van der Waals surface area contributed by atoms with Gasteiger partial charge in [0, 0.05) is 13.1 Å². The quantitative estimate of drug-likeness (QED) is 0.754. The molecular formula is C11H13NO3. The van der Waals surface area contributed by atoms with Gasteiger partial charge in [-0.3, -0.25) is 0 Å². The molecule has 1 aliphatic heterocycles. The van der Waals surface area contributed by atoms with Crippen molar-refractivity contribution in [2.45, 2.75) is 12.5 Å². The molecule has 1 saturated heterocycles. The first-order valence-electron chi connectivity index (χ1n) is 4.95. The van der Waals surface area contributed by atoms with E-state index < -0.39 is 12.2 Å². The lowest BCUT2D eigenvalue weighted by molar-refractivity contribution is 0.145. The SMILES string of the molecule is O=C(Oc1ccccc1)N1CCC(O)C1. The summed E-state index contributed by atoms with van der Waals surface area (Å²) in [6.07, 6.45) is -0.171. The number of nitrogens with zero attached hydrogens (tertiary/aromatic N) is 1. The number of aliphatic hydroxyl groups is 1. The van der Waals surface area contributed by atoms with Crippen molar-refractivity contribution in [3.05, 3.63) is 30.3 Å². The number of aliphatic hydroxyl groups excluding tert-OH is 1. The number of ether oxygens (including phenoxy) is 1. The van der Waals surface area contributed by atoms with Crippen LogP contribution in [-0.2, 0) is 0 Å². The monoisotopic (exact) mass is 207 g/mol. The summed E-state index contributed by atoms with van der Waals surface area (Å²) in [5.41, 5.74) is 0. The lowest BCUT2D eigenvalue weighted by atomic mass is 10.3. The Morgan fingerprint density at radius 2 is 2.13 bits per heavy atom. The van der Waals surface area contributed by atoms with Crippen molar-refractivity contribution in [2.24, 2.45) is 0 Å². The third kappa shape index (κ3) is 2.47. The summed E-state index contributed by atoms with van der Waals surface area (Å²) in [7, 11) is 0. The first-order chi connectivity index (χ1) is 7.25. The van der Waals surface area contributed by atoms with Gasteiger partial charge in [-0.1, -0.05) is 18.2 Å². The van der Waals surface area contributed by atoms with E-state index in [1.165, 1.54) is 4.90 Å². The second-order valence-corrected chi connectivity index (χ2v) is 3.57. The van der Waals surface area contributed by atoms with Crippen LogP contribution in [0.1, 0.15) is 6.42 Å². The van der Waals surface area contributed by atoms with Crippen LogP contribution in [0.4, 0.5) is 4.79 Å². The third-order valence-electron chi connectivity index (χ3n) is 2.37. The van der Waals surface area contributed by atoms with E-state index in [1.807, 2.05) is 6.07 Å². The van der Waals surface area contributed by atoms with Gasteiger partial charge in [0.05, 0.1) is 6.10 Å². The van der Waals surface area contributed by atoms with Gasteiger partial charge in [-0.05, 0) is 18.6 Å². The van der Waals surface area contributed by atoms with Crippen LogP contribution in [0.2, 0.25) is 0 Å². The number of rotatable bonds is 1. The molecule has 4 heteroatoms. The highest BCUT2D eigenvalue weighted by atomic mass is 16.6. The Balaban J connectivity index is 1.93. The topological polar surface area (TPSA) is 49.8 Å². The standard InChI is InChI=1S/C11H13NO3/c13-9-6-7-12(8-9)11(14)15-10-4-2-1-3-5-10/h1-5,9,13H,6-8H2. The van der Waals surface area contributed by atoms with Gasteiger partial charge in [0.2, 0.25) is 0 Å². The fraction of sp³-hybridized carbons (Fsp3) is 0.364. The molecular weight excluding hydrogens is 194 g/mol. The highest BCUT2D eigenvalue weighted by Crippen LogP contribution is 2.14. The molecule has 15 heavy (non-hydrogen) atoms. The normalized spacial score (nSPS) is 20.3. The fourth-order valence-corrected chi connectivity index (χ4v) is 1.56. The Labute approximate surface area is 88.1 Å². The summed E-state index contributed by atoms with van der Waals surface area (Å²) in [5.74, 6) is 0.531. The Kier molecular flexibility index (Phi) is 2.87. The summed E-state index contributed by atoms with van der Waals surface area (Å²) in [5, 5.41) is 9.27. The average molecular weight is 207 g/mol. The molecule has 0 bridgehead atoms. The number of carbonyl (C=O) groups is 1.